The number of anilines is 2. The summed E-state index contributed by atoms with van der Waals surface area (Å²) in [5.74, 6) is 2.57. The standard InChI is InChI=1S/C20H22N4O2S/c1-3-10-24-11-8-16(9-12-24)19(26)23-20-22-18(13-27-20)15-4-6-17(7-5-15)21-14(2)25/h1,4-7,13,16H,8-12H2,2H3,(H,21,25)(H,22,23,26). The molecular formula is C20H22N4O2S. The Labute approximate surface area is 163 Å². The molecular weight excluding hydrogens is 360 g/mol. The minimum Gasteiger partial charge on any atom is -0.326 e. The van der Waals surface area contributed by atoms with Gasteiger partial charge < -0.3 is 10.6 Å². The van der Waals surface area contributed by atoms with Crippen LogP contribution in [0.25, 0.3) is 11.3 Å². The molecule has 0 atom stereocenters. The van der Waals surface area contributed by atoms with E-state index in [9.17, 15) is 9.59 Å². The third-order valence-corrected chi connectivity index (χ3v) is 5.27. The zero-order valence-electron chi connectivity index (χ0n) is 15.2. The minimum atomic E-state index is -0.105. The number of carbonyl (C=O) groups excluding carboxylic acids is 2. The molecule has 0 aliphatic carbocycles. The second kappa shape index (κ2) is 8.80. The van der Waals surface area contributed by atoms with Crippen LogP contribution in [0.5, 0.6) is 0 Å². The number of carbonyl (C=O) groups is 2. The van der Waals surface area contributed by atoms with Crippen LogP contribution in [-0.2, 0) is 9.59 Å². The zero-order valence-corrected chi connectivity index (χ0v) is 16.0. The van der Waals surface area contributed by atoms with Crippen molar-refractivity contribution in [3.63, 3.8) is 0 Å². The first-order valence-corrected chi connectivity index (χ1v) is 9.73. The van der Waals surface area contributed by atoms with Crippen LogP contribution in [0, 0.1) is 18.3 Å². The Morgan fingerprint density at radius 3 is 2.59 bits per heavy atom. The molecule has 1 aliphatic rings. The van der Waals surface area contributed by atoms with Crippen LogP contribution in [0.1, 0.15) is 19.8 Å². The van der Waals surface area contributed by atoms with Gasteiger partial charge in [-0.1, -0.05) is 18.1 Å². The Hall–Kier alpha value is -2.69. The van der Waals surface area contributed by atoms with Gasteiger partial charge in [-0.05, 0) is 38.1 Å². The first-order chi connectivity index (χ1) is 13.0. The third kappa shape index (κ3) is 5.16. The molecule has 27 heavy (non-hydrogen) atoms. The van der Waals surface area contributed by atoms with Gasteiger partial charge in [0.05, 0.1) is 12.2 Å². The average molecular weight is 382 g/mol. The Bertz CT molecular complexity index is 846. The molecule has 0 spiro atoms. The Balaban J connectivity index is 1.57. The van der Waals surface area contributed by atoms with Crippen molar-refractivity contribution in [2.45, 2.75) is 19.8 Å². The van der Waals surface area contributed by atoms with E-state index >= 15 is 0 Å². The van der Waals surface area contributed by atoms with Gasteiger partial charge in [-0.25, -0.2) is 4.98 Å². The summed E-state index contributed by atoms with van der Waals surface area (Å²) in [6.07, 6.45) is 6.97. The van der Waals surface area contributed by atoms with E-state index in [1.54, 1.807) is 0 Å². The quantitative estimate of drug-likeness (QED) is 0.780. The SMILES string of the molecule is C#CCN1CCC(C(=O)Nc2nc(-c3ccc(NC(C)=O)cc3)cs2)CC1. The fraction of sp³-hybridized carbons (Fsp3) is 0.350. The van der Waals surface area contributed by atoms with Crippen LogP contribution in [-0.4, -0.2) is 41.3 Å². The normalized spacial score (nSPS) is 15.1. The van der Waals surface area contributed by atoms with Gasteiger partial charge in [-0.15, -0.1) is 17.8 Å². The van der Waals surface area contributed by atoms with Crippen molar-refractivity contribution in [3.8, 4) is 23.6 Å². The molecule has 1 fully saturated rings. The summed E-state index contributed by atoms with van der Waals surface area (Å²) in [5.41, 5.74) is 2.48. The van der Waals surface area contributed by atoms with E-state index in [-0.39, 0.29) is 17.7 Å². The molecule has 0 radical (unpaired) electrons. The molecule has 2 aromatic rings. The van der Waals surface area contributed by atoms with Gasteiger partial charge in [0.2, 0.25) is 11.8 Å². The van der Waals surface area contributed by atoms with Gasteiger partial charge in [-0.2, -0.15) is 0 Å². The van der Waals surface area contributed by atoms with Gasteiger partial charge >= 0.3 is 0 Å². The van der Waals surface area contributed by atoms with Gasteiger partial charge in [-0.3, -0.25) is 14.5 Å². The summed E-state index contributed by atoms with van der Waals surface area (Å²) in [7, 11) is 0. The predicted octanol–water partition coefficient (Wildman–Crippen LogP) is 3.05. The van der Waals surface area contributed by atoms with Gasteiger partial charge in [0.1, 0.15) is 0 Å². The zero-order chi connectivity index (χ0) is 19.2. The van der Waals surface area contributed by atoms with Crippen LogP contribution in [0.15, 0.2) is 29.6 Å². The highest BCUT2D eigenvalue weighted by Gasteiger charge is 2.25. The number of likely N-dealkylation sites (tertiary alicyclic amines) is 1. The average Bonchev–Trinajstić information content (AvgIpc) is 3.11. The lowest BCUT2D eigenvalue weighted by molar-refractivity contribution is -0.121. The highest BCUT2D eigenvalue weighted by Crippen LogP contribution is 2.27. The number of amides is 2. The maximum atomic E-state index is 12.5. The lowest BCUT2D eigenvalue weighted by atomic mass is 9.96. The molecule has 6 nitrogen and oxygen atoms in total. The Morgan fingerprint density at radius 2 is 1.96 bits per heavy atom. The van der Waals surface area contributed by atoms with Gasteiger partial charge in [0.15, 0.2) is 5.13 Å². The monoisotopic (exact) mass is 382 g/mol. The van der Waals surface area contributed by atoms with Crippen LogP contribution < -0.4 is 10.6 Å². The largest absolute Gasteiger partial charge is 0.326 e. The smallest absolute Gasteiger partial charge is 0.229 e. The number of aromatic nitrogens is 1. The van der Waals surface area contributed by atoms with Crippen molar-refractivity contribution in [1.82, 2.24) is 9.88 Å². The number of hydrogen-bond donors (Lipinski definition) is 2. The van der Waals surface area contributed by atoms with Crippen LogP contribution in [0.2, 0.25) is 0 Å². The van der Waals surface area contributed by atoms with Crippen LogP contribution in [0.4, 0.5) is 10.8 Å². The van der Waals surface area contributed by atoms with E-state index in [4.69, 9.17) is 6.42 Å². The third-order valence-electron chi connectivity index (χ3n) is 4.51. The van der Waals surface area contributed by atoms with E-state index in [1.807, 2.05) is 29.6 Å². The van der Waals surface area contributed by atoms with Gasteiger partial charge in [0, 0.05) is 29.5 Å². The number of nitrogens with one attached hydrogen (secondary N) is 2. The first-order valence-electron chi connectivity index (χ1n) is 8.85. The Morgan fingerprint density at radius 1 is 1.26 bits per heavy atom. The van der Waals surface area contributed by atoms with E-state index in [0.29, 0.717) is 11.7 Å². The lowest BCUT2D eigenvalue weighted by Crippen LogP contribution is -2.38. The molecule has 1 aromatic carbocycles. The number of piperidine rings is 1. The van der Waals surface area contributed by atoms with Crippen LogP contribution >= 0.6 is 11.3 Å². The molecule has 0 unspecified atom stereocenters. The topological polar surface area (TPSA) is 74.3 Å². The summed E-state index contributed by atoms with van der Waals surface area (Å²) in [6, 6.07) is 7.46. The number of thiazole rings is 1. The van der Waals surface area contributed by atoms with E-state index in [2.05, 4.69) is 26.4 Å². The molecule has 1 aliphatic heterocycles. The van der Waals surface area contributed by atoms with Gasteiger partial charge in [0.25, 0.3) is 0 Å². The molecule has 3 rings (SSSR count). The minimum absolute atomic E-state index is 0.00307. The number of rotatable bonds is 5. The molecule has 2 amide bonds. The number of nitrogens with zero attached hydrogens (tertiary/aromatic N) is 2. The van der Waals surface area contributed by atoms with E-state index in [1.165, 1.54) is 18.3 Å². The first kappa shape index (κ1) is 19.1. The molecule has 1 aromatic heterocycles. The number of benzene rings is 1. The van der Waals surface area contributed by atoms with Crippen molar-refractivity contribution in [3.05, 3.63) is 29.6 Å². The highest BCUT2D eigenvalue weighted by atomic mass is 32.1. The van der Waals surface area contributed by atoms with Crippen molar-refractivity contribution in [2.75, 3.05) is 30.3 Å². The lowest BCUT2D eigenvalue weighted by Gasteiger charge is -2.29. The van der Waals surface area contributed by atoms with Crippen molar-refractivity contribution >= 4 is 34.0 Å². The fourth-order valence-corrected chi connectivity index (χ4v) is 3.80. The van der Waals surface area contributed by atoms with Crippen molar-refractivity contribution in [2.24, 2.45) is 5.92 Å². The molecule has 2 heterocycles. The summed E-state index contributed by atoms with van der Waals surface area (Å²) in [6.45, 7) is 3.82. The van der Waals surface area contributed by atoms with Crippen molar-refractivity contribution in [1.29, 1.82) is 0 Å². The molecule has 1 saturated heterocycles. The molecule has 0 saturated carbocycles. The molecule has 2 N–H and O–H groups in total. The maximum Gasteiger partial charge on any atom is 0.229 e. The molecule has 0 bridgehead atoms. The highest BCUT2D eigenvalue weighted by molar-refractivity contribution is 7.14. The summed E-state index contributed by atoms with van der Waals surface area (Å²) >= 11 is 1.41. The van der Waals surface area contributed by atoms with E-state index < -0.39 is 0 Å². The molecule has 140 valence electrons. The van der Waals surface area contributed by atoms with Crippen LogP contribution in [0.3, 0.4) is 0 Å². The maximum absolute atomic E-state index is 12.5. The van der Waals surface area contributed by atoms with Crippen molar-refractivity contribution < 1.29 is 9.59 Å². The summed E-state index contributed by atoms with van der Waals surface area (Å²) in [5, 5.41) is 8.19. The predicted molar refractivity (Wildman–Crippen MR) is 108 cm³/mol. The second-order valence-electron chi connectivity index (χ2n) is 6.54. The fourth-order valence-electron chi connectivity index (χ4n) is 3.08. The number of terminal acetylenes is 1. The second-order valence-corrected chi connectivity index (χ2v) is 7.40. The Kier molecular flexibility index (Phi) is 6.22. The summed E-state index contributed by atoms with van der Waals surface area (Å²) < 4.78 is 0. The summed E-state index contributed by atoms with van der Waals surface area (Å²) in [4.78, 5) is 30.3. The molecule has 7 heteroatoms. The van der Waals surface area contributed by atoms with E-state index in [0.717, 1.165) is 42.9 Å². The number of hydrogen-bond acceptors (Lipinski definition) is 5.